The van der Waals surface area contributed by atoms with Gasteiger partial charge in [-0.05, 0) is 30.4 Å². The van der Waals surface area contributed by atoms with Gasteiger partial charge in [-0.2, -0.15) is 0 Å². The van der Waals surface area contributed by atoms with Crippen molar-refractivity contribution in [3.05, 3.63) is 84.5 Å². The largest absolute Gasteiger partial charge is 0.348 e. The van der Waals surface area contributed by atoms with Crippen molar-refractivity contribution >= 4 is 12.2 Å². The Bertz CT molecular complexity index is 1230. The lowest BCUT2D eigenvalue weighted by molar-refractivity contribution is 0.571. The molecule has 0 radical (unpaired) electrons. The molecule has 8 heteroatoms. The molecule has 0 fully saturated rings. The van der Waals surface area contributed by atoms with Gasteiger partial charge in [-0.25, -0.2) is 13.8 Å². The Balaban J connectivity index is 2.16. The number of hydrogen-bond donors (Lipinski definition) is 3. The first kappa shape index (κ1) is 18.5. The van der Waals surface area contributed by atoms with Crippen LogP contribution in [-0.4, -0.2) is 19.9 Å². The summed E-state index contributed by atoms with van der Waals surface area (Å²) in [5, 5.41) is -0.172. The minimum absolute atomic E-state index is 0.00876. The van der Waals surface area contributed by atoms with Crippen LogP contribution in [0.15, 0.2) is 34.1 Å². The second-order valence-corrected chi connectivity index (χ2v) is 7.10. The molecule has 0 spiro atoms. The monoisotopic (exact) mass is 372 g/mol. The van der Waals surface area contributed by atoms with E-state index in [0.29, 0.717) is 5.69 Å². The van der Waals surface area contributed by atoms with E-state index in [2.05, 4.69) is 19.9 Å². The first-order valence-corrected chi connectivity index (χ1v) is 8.20. The lowest BCUT2D eigenvalue weighted by Gasteiger charge is -2.16. The van der Waals surface area contributed by atoms with Gasteiger partial charge in [-0.15, -0.1) is 0 Å². The molecule has 0 saturated heterocycles. The fraction of sp³-hybridized carbons (Fsp3) is 0.211. The van der Waals surface area contributed by atoms with Crippen molar-refractivity contribution in [2.75, 3.05) is 0 Å². The van der Waals surface area contributed by atoms with Crippen molar-refractivity contribution in [3.8, 4) is 0 Å². The smallest absolute Gasteiger partial charge is 0.272 e. The zero-order chi connectivity index (χ0) is 19.8. The van der Waals surface area contributed by atoms with E-state index in [9.17, 15) is 18.4 Å². The third-order valence-electron chi connectivity index (χ3n) is 3.94. The summed E-state index contributed by atoms with van der Waals surface area (Å²) in [6.45, 7) is 5.95. The van der Waals surface area contributed by atoms with E-state index in [1.165, 1.54) is 12.4 Å². The molecule has 140 valence electrons. The molecular weight excluding hydrogens is 354 g/mol. The van der Waals surface area contributed by atoms with Crippen LogP contribution >= 0.6 is 0 Å². The molecule has 2 heterocycles. The van der Waals surface area contributed by atoms with Crippen molar-refractivity contribution in [2.24, 2.45) is 0 Å². The SMILES string of the molecule is CC(C)(C)c1[nH]cnc1/C=c1/[nH]c(=O)/c(=C\c2cc(F)ccc2F)[nH]c1=O. The number of rotatable bonds is 2. The van der Waals surface area contributed by atoms with Crippen LogP contribution < -0.4 is 21.8 Å². The number of aromatic nitrogens is 4. The van der Waals surface area contributed by atoms with Crippen LogP contribution in [0.2, 0.25) is 0 Å². The summed E-state index contributed by atoms with van der Waals surface area (Å²) in [6.07, 6.45) is 4.05. The number of benzene rings is 1. The maximum absolute atomic E-state index is 13.8. The van der Waals surface area contributed by atoms with E-state index in [4.69, 9.17) is 0 Å². The molecule has 6 nitrogen and oxygen atoms in total. The Morgan fingerprint density at radius 1 is 1.00 bits per heavy atom. The van der Waals surface area contributed by atoms with E-state index in [1.807, 2.05) is 20.8 Å². The minimum atomic E-state index is -0.710. The molecule has 27 heavy (non-hydrogen) atoms. The van der Waals surface area contributed by atoms with Gasteiger partial charge < -0.3 is 15.0 Å². The Hall–Kier alpha value is -3.29. The normalized spacial score (nSPS) is 13.4. The van der Waals surface area contributed by atoms with E-state index >= 15 is 0 Å². The van der Waals surface area contributed by atoms with Gasteiger partial charge >= 0.3 is 0 Å². The third-order valence-corrected chi connectivity index (χ3v) is 3.94. The van der Waals surface area contributed by atoms with Crippen molar-refractivity contribution in [3.63, 3.8) is 0 Å². The summed E-state index contributed by atoms with van der Waals surface area (Å²) >= 11 is 0. The number of H-pyrrole nitrogens is 3. The van der Waals surface area contributed by atoms with E-state index < -0.39 is 22.8 Å². The number of halogens is 2. The molecule has 3 N–H and O–H groups in total. The number of hydrogen-bond acceptors (Lipinski definition) is 3. The first-order chi connectivity index (χ1) is 12.6. The van der Waals surface area contributed by atoms with Crippen LogP contribution in [0, 0.1) is 11.6 Å². The number of nitrogens with zero attached hydrogens (tertiary/aromatic N) is 1. The molecule has 0 saturated carbocycles. The fourth-order valence-electron chi connectivity index (χ4n) is 2.63. The summed E-state index contributed by atoms with van der Waals surface area (Å²) in [5.41, 5.74) is -0.275. The standard InChI is InChI=1S/C19H18F2N4O2/c1-19(2,3)16-13(22-9-23-16)8-15-18(27)24-14(17(26)25-15)7-10-6-11(20)4-5-12(10)21/h4-9H,1-3H3,(H,22,23)(H,24,27)(H,25,26)/b14-7+,15-8+. The summed E-state index contributed by atoms with van der Waals surface area (Å²) in [7, 11) is 0. The predicted octanol–water partition coefficient (Wildman–Crippen LogP) is 1.02. The van der Waals surface area contributed by atoms with Gasteiger partial charge in [0.2, 0.25) is 0 Å². The van der Waals surface area contributed by atoms with Crippen molar-refractivity contribution < 1.29 is 8.78 Å². The quantitative estimate of drug-likeness (QED) is 0.627. The highest BCUT2D eigenvalue weighted by atomic mass is 19.1. The summed E-state index contributed by atoms with van der Waals surface area (Å²) in [5.74, 6) is -1.36. The summed E-state index contributed by atoms with van der Waals surface area (Å²) in [6, 6.07) is 2.85. The van der Waals surface area contributed by atoms with Gasteiger partial charge in [0, 0.05) is 16.7 Å². The average molecular weight is 372 g/mol. The zero-order valence-corrected chi connectivity index (χ0v) is 15.0. The van der Waals surface area contributed by atoms with Gasteiger partial charge in [-0.1, -0.05) is 20.8 Å². The summed E-state index contributed by atoms with van der Waals surface area (Å²) < 4.78 is 27.0. The lowest BCUT2D eigenvalue weighted by atomic mass is 9.90. The number of nitrogens with one attached hydrogen (secondary N) is 3. The number of aromatic amines is 3. The van der Waals surface area contributed by atoms with Crippen LogP contribution in [0.4, 0.5) is 8.78 Å². The van der Waals surface area contributed by atoms with Crippen molar-refractivity contribution in [2.45, 2.75) is 26.2 Å². The van der Waals surface area contributed by atoms with Gasteiger partial charge in [0.15, 0.2) is 0 Å². The van der Waals surface area contributed by atoms with Crippen LogP contribution in [-0.2, 0) is 5.41 Å². The maximum Gasteiger partial charge on any atom is 0.272 e. The number of imidazole rings is 1. The highest BCUT2D eigenvalue weighted by Gasteiger charge is 2.19. The third kappa shape index (κ3) is 3.94. The molecular formula is C19H18F2N4O2. The Labute approximate surface area is 152 Å². The van der Waals surface area contributed by atoms with Gasteiger partial charge in [0.1, 0.15) is 22.3 Å². The minimum Gasteiger partial charge on any atom is -0.348 e. The highest BCUT2D eigenvalue weighted by molar-refractivity contribution is 5.50. The maximum atomic E-state index is 13.8. The second kappa shape index (κ2) is 6.79. The van der Waals surface area contributed by atoms with E-state index in [1.54, 1.807) is 0 Å². The van der Waals surface area contributed by atoms with E-state index in [-0.39, 0.29) is 21.7 Å². The topological polar surface area (TPSA) is 94.4 Å². The Morgan fingerprint density at radius 3 is 2.26 bits per heavy atom. The molecule has 0 bridgehead atoms. The van der Waals surface area contributed by atoms with Crippen LogP contribution in [0.3, 0.4) is 0 Å². The van der Waals surface area contributed by atoms with Crippen molar-refractivity contribution in [1.82, 2.24) is 19.9 Å². The predicted molar refractivity (Wildman–Crippen MR) is 97.7 cm³/mol. The second-order valence-electron chi connectivity index (χ2n) is 7.10. The molecule has 0 unspecified atom stereocenters. The first-order valence-electron chi connectivity index (χ1n) is 8.20. The molecule has 0 aliphatic heterocycles. The molecule has 0 aliphatic carbocycles. The van der Waals surface area contributed by atoms with Gasteiger partial charge in [0.25, 0.3) is 11.1 Å². The molecule has 0 atom stereocenters. The Morgan fingerprint density at radius 2 is 1.63 bits per heavy atom. The molecule has 0 amide bonds. The average Bonchev–Trinajstić information content (AvgIpc) is 3.04. The fourth-order valence-corrected chi connectivity index (χ4v) is 2.63. The Kier molecular flexibility index (Phi) is 4.65. The van der Waals surface area contributed by atoms with Gasteiger partial charge in [-0.3, -0.25) is 9.59 Å². The van der Waals surface area contributed by atoms with Crippen LogP contribution in [0.1, 0.15) is 37.7 Å². The summed E-state index contributed by atoms with van der Waals surface area (Å²) in [4.78, 5) is 36.7. The molecule has 3 aromatic rings. The highest BCUT2D eigenvalue weighted by Crippen LogP contribution is 2.22. The van der Waals surface area contributed by atoms with Crippen LogP contribution in [0.25, 0.3) is 12.2 Å². The van der Waals surface area contributed by atoms with Crippen molar-refractivity contribution in [1.29, 1.82) is 0 Å². The molecule has 1 aromatic carbocycles. The lowest BCUT2D eigenvalue weighted by Crippen LogP contribution is -2.46. The van der Waals surface area contributed by atoms with Gasteiger partial charge in [0.05, 0.1) is 12.0 Å². The van der Waals surface area contributed by atoms with E-state index in [0.717, 1.165) is 30.0 Å². The molecule has 3 rings (SSSR count). The molecule has 2 aromatic heterocycles. The zero-order valence-electron chi connectivity index (χ0n) is 15.0. The van der Waals surface area contributed by atoms with Crippen LogP contribution in [0.5, 0.6) is 0 Å². The molecule has 0 aliphatic rings.